The lowest BCUT2D eigenvalue weighted by molar-refractivity contribution is 0.0696. The fraction of sp³-hybridized carbons (Fsp3) is 0.0952. The van der Waals surface area contributed by atoms with Crippen LogP contribution in [0.3, 0.4) is 0 Å². The number of aryl methyl sites for hydroxylation is 1. The van der Waals surface area contributed by atoms with E-state index in [9.17, 15) is 18.3 Å². The van der Waals surface area contributed by atoms with Gasteiger partial charge in [0.05, 0.1) is 10.5 Å². The van der Waals surface area contributed by atoms with Crippen molar-refractivity contribution in [2.45, 2.75) is 32.3 Å². The number of thioether (sulfide) groups is 1. The average Bonchev–Trinajstić information content (AvgIpc) is 2.68. The molecule has 0 fully saturated rings. The normalized spacial score (nSPS) is 11.4. The van der Waals surface area contributed by atoms with Gasteiger partial charge in [0.1, 0.15) is 0 Å². The summed E-state index contributed by atoms with van der Waals surface area (Å²) in [5, 5.41) is 9.44. The molecule has 29 heavy (non-hydrogen) atoms. The molecule has 0 unspecified atom stereocenters. The molecule has 150 valence electrons. The van der Waals surface area contributed by atoms with Crippen molar-refractivity contribution in [3.05, 3.63) is 83.4 Å². The summed E-state index contributed by atoms with van der Waals surface area (Å²) in [4.78, 5) is 13.2. The van der Waals surface area contributed by atoms with Crippen LogP contribution in [0.4, 0.5) is 0 Å². The molecule has 4 nitrogen and oxygen atoms in total. The monoisotopic (exact) mass is 464 g/mol. The quantitative estimate of drug-likeness (QED) is 0.338. The van der Waals surface area contributed by atoms with E-state index in [1.807, 2.05) is 61.5 Å². The fourth-order valence-electron chi connectivity index (χ4n) is 2.55. The van der Waals surface area contributed by atoms with Gasteiger partial charge in [-0.25, -0.2) is 13.2 Å². The number of aromatic carboxylic acids is 1. The zero-order valence-corrected chi connectivity index (χ0v) is 18.5. The summed E-state index contributed by atoms with van der Waals surface area (Å²) in [6.45, 7) is 1.96. The Morgan fingerprint density at radius 2 is 1.69 bits per heavy atom. The van der Waals surface area contributed by atoms with Crippen LogP contribution in [-0.2, 0) is 14.8 Å². The van der Waals surface area contributed by atoms with E-state index in [4.69, 9.17) is 10.7 Å². The van der Waals surface area contributed by atoms with E-state index in [-0.39, 0.29) is 10.5 Å². The number of halogens is 1. The summed E-state index contributed by atoms with van der Waals surface area (Å²) in [5.74, 6) is -0.646. The molecule has 0 aromatic heterocycles. The predicted octanol–water partition coefficient (Wildman–Crippen LogP) is 6.06. The molecule has 0 saturated carbocycles. The van der Waals surface area contributed by atoms with Crippen molar-refractivity contribution < 1.29 is 18.3 Å². The minimum absolute atomic E-state index is 0.118. The molecule has 0 heterocycles. The largest absolute Gasteiger partial charge is 0.478 e. The summed E-state index contributed by atoms with van der Waals surface area (Å²) < 4.78 is 24.5. The van der Waals surface area contributed by atoms with Crippen LogP contribution in [0, 0.1) is 6.92 Å². The molecule has 0 amide bonds. The summed E-state index contributed by atoms with van der Waals surface area (Å²) >= 11 is 2.63. The lowest BCUT2D eigenvalue weighted by Crippen LogP contribution is -2.03. The third kappa shape index (κ3) is 5.79. The lowest BCUT2D eigenvalue weighted by atomic mass is 10.2. The van der Waals surface area contributed by atoms with Crippen LogP contribution in [0.2, 0.25) is 0 Å². The zero-order valence-electron chi connectivity index (χ0n) is 15.3. The van der Waals surface area contributed by atoms with Crippen LogP contribution in [0.1, 0.15) is 21.5 Å². The minimum Gasteiger partial charge on any atom is -0.478 e. The van der Waals surface area contributed by atoms with Crippen LogP contribution >= 0.6 is 34.2 Å². The van der Waals surface area contributed by atoms with Gasteiger partial charge in [-0.15, -0.1) is 11.8 Å². The highest BCUT2D eigenvalue weighted by Gasteiger charge is 2.23. The predicted molar refractivity (Wildman–Crippen MR) is 118 cm³/mol. The van der Waals surface area contributed by atoms with E-state index in [1.54, 1.807) is 0 Å². The Morgan fingerprint density at radius 3 is 2.28 bits per heavy atom. The van der Waals surface area contributed by atoms with E-state index < -0.39 is 15.0 Å². The Labute approximate surface area is 182 Å². The Bertz CT molecular complexity index is 1130. The van der Waals surface area contributed by atoms with Gasteiger partial charge >= 0.3 is 5.97 Å². The maximum Gasteiger partial charge on any atom is 0.335 e. The van der Waals surface area contributed by atoms with Gasteiger partial charge in [0.15, 0.2) is 0 Å². The Balaban J connectivity index is 2.09. The third-order valence-corrected chi connectivity index (χ3v) is 7.88. The SMILES string of the molecule is Cc1ccc(Sc2c(SCc3ccccc3)cc(C(=O)O)cc2S(=O)(=O)Cl)cc1. The van der Waals surface area contributed by atoms with Crippen LogP contribution in [-0.4, -0.2) is 19.5 Å². The lowest BCUT2D eigenvalue weighted by Gasteiger charge is -2.14. The van der Waals surface area contributed by atoms with Crippen molar-refractivity contribution in [2.75, 3.05) is 0 Å². The van der Waals surface area contributed by atoms with Gasteiger partial charge in [0.2, 0.25) is 0 Å². The van der Waals surface area contributed by atoms with Gasteiger partial charge in [0.25, 0.3) is 9.05 Å². The zero-order chi connectivity index (χ0) is 21.0. The van der Waals surface area contributed by atoms with Crippen molar-refractivity contribution in [3.63, 3.8) is 0 Å². The Morgan fingerprint density at radius 1 is 1.03 bits per heavy atom. The maximum atomic E-state index is 12.2. The summed E-state index contributed by atoms with van der Waals surface area (Å²) in [7, 11) is 1.53. The molecule has 3 aromatic rings. The first kappa shape index (κ1) is 21.8. The minimum atomic E-state index is -4.15. The number of rotatable bonds is 7. The van der Waals surface area contributed by atoms with Gasteiger partial charge in [-0.2, -0.15) is 0 Å². The number of carboxylic acids is 1. The molecule has 0 atom stereocenters. The highest BCUT2D eigenvalue weighted by Crippen LogP contribution is 2.42. The van der Waals surface area contributed by atoms with E-state index in [1.165, 1.54) is 29.6 Å². The molecular weight excluding hydrogens is 448 g/mol. The highest BCUT2D eigenvalue weighted by atomic mass is 35.7. The van der Waals surface area contributed by atoms with Crippen molar-refractivity contribution in [3.8, 4) is 0 Å². The van der Waals surface area contributed by atoms with Gasteiger partial charge in [0, 0.05) is 31.1 Å². The molecule has 1 N–H and O–H groups in total. The first-order valence-corrected chi connectivity index (χ1v) is 12.6. The molecule has 0 aliphatic rings. The summed E-state index contributed by atoms with van der Waals surface area (Å²) in [5.41, 5.74) is 2.01. The standard InChI is InChI=1S/C21H17ClO4S3/c1-14-7-9-17(10-8-14)28-20-18(27-13-15-5-3-2-4-6-15)11-16(21(23)24)12-19(20)29(22,25)26/h2-12H,13H2,1H3,(H,23,24). The van der Waals surface area contributed by atoms with Gasteiger partial charge < -0.3 is 5.11 Å². The van der Waals surface area contributed by atoms with E-state index in [2.05, 4.69) is 0 Å². The van der Waals surface area contributed by atoms with Crippen LogP contribution in [0.15, 0.2) is 86.3 Å². The van der Waals surface area contributed by atoms with Gasteiger partial charge in [-0.05, 0) is 36.8 Å². The second-order valence-electron chi connectivity index (χ2n) is 6.23. The number of benzene rings is 3. The molecule has 3 rings (SSSR count). The number of carbonyl (C=O) groups is 1. The maximum absolute atomic E-state index is 12.2. The molecule has 0 bridgehead atoms. The van der Waals surface area contributed by atoms with E-state index in [0.717, 1.165) is 22.1 Å². The van der Waals surface area contributed by atoms with Crippen molar-refractivity contribution in [1.82, 2.24) is 0 Å². The number of hydrogen-bond donors (Lipinski definition) is 1. The molecule has 3 aromatic carbocycles. The molecule has 0 aliphatic heterocycles. The number of carboxylic acid groups (broad SMARTS) is 1. The molecule has 0 radical (unpaired) electrons. The average molecular weight is 465 g/mol. The first-order chi connectivity index (χ1) is 13.7. The van der Waals surface area contributed by atoms with Crippen molar-refractivity contribution in [2.24, 2.45) is 0 Å². The molecule has 8 heteroatoms. The highest BCUT2D eigenvalue weighted by molar-refractivity contribution is 8.14. The number of hydrogen-bond acceptors (Lipinski definition) is 5. The van der Waals surface area contributed by atoms with Crippen molar-refractivity contribution in [1.29, 1.82) is 0 Å². The second-order valence-corrected chi connectivity index (χ2v) is 10.9. The summed E-state index contributed by atoms with van der Waals surface area (Å²) in [6.07, 6.45) is 0. The van der Waals surface area contributed by atoms with Gasteiger partial charge in [-0.1, -0.05) is 59.8 Å². The molecular formula is C21H17ClO4S3. The van der Waals surface area contributed by atoms with E-state index >= 15 is 0 Å². The fourth-order valence-corrected chi connectivity index (χ4v) is 6.26. The third-order valence-electron chi connectivity index (χ3n) is 4.01. The topological polar surface area (TPSA) is 71.4 Å². The molecule has 0 aliphatic carbocycles. The smallest absolute Gasteiger partial charge is 0.335 e. The molecule has 0 spiro atoms. The van der Waals surface area contributed by atoms with Crippen molar-refractivity contribution >= 4 is 49.2 Å². The second kappa shape index (κ2) is 9.26. The molecule has 0 saturated heterocycles. The van der Waals surface area contributed by atoms with Gasteiger partial charge in [-0.3, -0.25) is 0 Å². The first-order valence-electron chi connectivity index (χ1n) is 8.51. The summed E-state index contributed by atoms with van der Waals surface area (Å²) in [6, 6.07) is 19.9. The van der Waals surface area contributed by atoms with Crippen LogP contribution in [0.5, 0.6) is 0 Å². The van der Waals surface area contributed by atoms with Crippen LogP contribution < -0.4 is 0 Å². The van der Waals surface area contributed by atoms with E-state index in [0.29, 0.717) is 15.5 Å². The Hall–Kier alpha value is -1.93. The van der Waals surface area contributed by atoms with Crippen LogP contribution in [0.25, 0.3) is 0 Å². The Kier molecular flexibility index (Phi) is 6.95.